The first-order valence-corrected chi connectivity index (χ1v) is 13.4. The van der Waals surface area contributed by atoms with Gasteiger partial charge in [-0.25, -0.2) is 16.8 Å². The van der Waals surface area contributed by atoms with Gasteiger partial charge in [-0.2, -0.15) is 4.31 Å². The van der Waals surface area contributed by atoms with E-state index in [0.29, 0.717) is 64.5 Å². The summed E-state index contributed by atoms with van der Waals surface area (Å²) in [6.07, 6.45) is 0.651. The van der Waals surface area contributed by atoms with Crippen molar-refractivity contribution in [1.82, 2.24) is 14.1 Å². The molecule has 1 amide bonds. The van der Waals surface area contributed by atoms with Gasteiger partial charge in [0.1, 0.15) is 0 Å². The number of sulfonamides is 1. The summed E-state index contributed by atoms with van der Waals surface area (Å²) in [7, 11) is -6.60. The van der Waals surface area contributed by atoms with Crippen molar-refractivity contribution in [2.45, 2.75) is 17.4 Å². The van der Waals surface area contributed by atoms with Gasteiger partial charge < -0.3 is 9.64 Å². The Balaban J connectivity index is 1.41. The number of benzene rings is 1. The molecule has 3 heterocycles. The fraction of sp³-hybridized carbons (Fsp3) is 0.632. The number of carbonyl (C=O) groups is 1. The van der Waals surface area contributed by atoms with Crippen molar-refractivity contribution in [3.8, 4) is 0 Å². The number of hydrogen-bond donors (Lipinski definition) is 0. The lowest BCUT2D eigenvalue weighted by Crippen LogP contribution is -2.52. The second-order valence-corrected chi connectivity index (χ2v) is 12.1. The maximum Gasteiger partial charge on any atom is 0.253 e. The van der Waals surface area contributed by atoms with E-state index in [1.165, 1.54) is 16.4 Å². The molecule has 3 aliphatic heterocycles. The number of ether oxygens (including phenoxy) is 1. The van der Waals surface area contributed by atoms with Crippen LogP contribution < -0.4 is 0 Å². The first-order chi connectivity index (χ1) is 14.3. The summed E-state index contributed by atoms with van der Waals surface area (Å²) in [5.41, 5.74) is 0.348. The summed E-state index contributed by atoms with van der Waals surface area (Å²) in [5, 5.41) is 0. The second-order valence-electron chi connectivity index (χ2n) is 7.93. The van der Waals surface area contributed by atoms with Crippen molar-refractivity contribution >= 4 is 25.8 Å². The van der Waals surface area contributed by atoms with Gasteiger partial charge in [-0.1, -0.05) is 6.07 Å². The first kappa shape index (κ1) is 21.7. The standard InChI is InChI=1S/C19H27N3O6S2/c23-19(21-7-5-20(6-8-21)17-4-13-29(24,25)15-17)16-2-1-3-18(14-16)30(26,27)22-9-11-28-12-10-22/h1-3,14,17H,4-13,15H2. The minimum Gasteiger partial charge on any atom is -0.379 e. The summed E-state index contributed by atoms with van der Waals surface area (Å²) in [5.74, 6) is 0.233. The molecule has 0 bridgehead atoms. The van der Waals surface area contributed by atoms with Gasteiger partial charge >= 0.3 is 0 Å². The molecular formula is C19H27N3O6S2. The van der Waals surface area contributed by atoms with E-state index in [2.05, 4.69) is 4.90 Å². The number of hydrogen-bond acceptors (Lipinski definition) is 7. The molecule has 1 atom stereocenters. The Morgan fingerprint density at radius 1 is 1.03 bits per heavy atom. The third-order valence-electron chi connectivity index (χ3n) is 6.02. The number of rotatable bonds is 4. The quantitative estimate of drug-likeness (QED) is 0.609. The largest absolute Gasteiger partial charge is 0.379 e. The van der Waals surface area contributed by atoms with Crippen LogP contribution in [-0.2, 0) is 24.6 Å². The Bertz CT molecular complexity index is 997. The molecule has 1 aromatic rings. The lowest BCUT2D eigenvalue weighted by Gasteiger charge is -2.37. The molecule has 0 spiro atoms. The predicted octanol–water partition coefficient (Wildman–Crippen LogP) is -0.348. The molecule has 3 saturated heterocycles. The Morgan fingerprint density at radius 2 is 1.73 bits per heavy atom. The number of carbonyl (C=O) groups excluding carboxylic acids is 1. The van der Waals surface area contributed by atoms with E-state index < -0.39 is 19.9 Å². The number of piperazine rings is 1. The summed E-state index contributed by atoms with van der Waals surface area (Å²) >= 11 is 0. The van der Waals surface area contributed by atoms with Crippen LogP contribution >= 0.6 is 0 Å². The summed E-state index contributed by atoms with van der Waals surface area (Å²) in [6.45, 7) is 3.58. The maximum absolute atomic E-state index is 13.0. The first-order valence-electron chi connectivity index (χ1n) is 10.2. The summed E-state index contributed by atoms with van der Waals surface area (Å²) in [4.78, 5) is 16.9. The van der Waals surface area contributed by atoms with Crippen molar-refractivity contribution in [2.75, 3.05) is 64.0 Å². The fourth-order valence-corrected chi connectivity index (χ4v) is 7.48. The maximum atomic E-state index is 13.0. The molecule has 166 valence electrons. The van der Waals surface area contributed by atoms with Crippen LogP contribution in [-0.4, -0.2) is 107 Å². The molecule has 3 aliphatic rings. The van der Waals surface area contributed by atoms with Crippen molar-refractivity contribution in [1.29, 1.82) is 0 Å². The van der Waals surface area contributed by atoms with E-state index in [0.717, 1.165) is 0 Å². The number of amides is 1. The Morgan fingerprint density at radius 3 is 2.37 bits per heavy atom. The van der Waals surface area contributed by atoms with Crippen LogP contribution in [0.25, 0.3) is 0 Å². The molecule has 0 aromatic heterocycles. The molecule has 1 unspecified atom stereocenters. The van der Waals surface area contributed by atoms with Gasteiger partial charge in [-0.15, -0.1) is 0 Å². The van der Waals surface area contributed by atoms with Gasteiger partial charge in [0.25, 0.3) is 5.91 Å². The third kappa shape index (κ3) is 4.54. The normalized spacial score (nSPS) is 26.0. The Kier molecular flexibility index (Phi) is 6.18. The minimum absolute atomic E-state index is 0.0363. The average molecular weight is 458 g/mol. The number of morpholine rings is 1. The third-order valence-corrected chi connectivity index (χ3v) is 9.66. The zero-order valence-corrected chi connectivity index (χ0v) is 18.4. The molecule has 0 saturated carbocycles. The van der Waals surface area contributed by atoms with E-state index in [9.17, 15) is 21.6 Å². The molecule has 0 aliphatic carbocycles. The van der Waals surface area contributed by atoms with Gasteiger partial charge in [0.2, 0.25) is 10.0 Å². The zero-order valence-electron chi connectivity index (χ0n) is 16.8. The van der Waals surface area contributed by atoms with Crippen LogP contribution in [0.3, 0.4) is 0 Å². The topological polar surface area (TPSA) is 104 Å². The van der Waals surface area contributed by atoms with Crippen LogP contribution in [0.4, 0.5) is 0 Å². The highest BCUT2D eigenvalue weighted by Gasteiger charge is 2.34. The highest BCUT2D eigenvalue weighted by atomic mass is 32.2. The van der Waals surface area contributed by atoms with Crippen molar-refractivity contribution in [3.05, 3.63) is 29.8 Å². The van der Waals surface area contributed by atoms with Crippen molar-refractivity contribution in [3.63, 3.8) is 0 Å². The highest BCUT2D eigenvalue weighted by Crippen LogP contribution is 2.22. The van der Waals surface area contributed by atoms with Crippen LogP contribution in [0.2, 0.25) is 0 Å². The van der Waals surface area contributed by atoms with Gasteiger partial charge in [0.05, 0.1) is 29.6 Å². The molecular weight excluding hydrogens is 430 g/mol. The van der Waals surface area contributed by atoms with Gasteiger partial charge in [0, 0.05) is 50.9 Å². The molecule has 4 rings (SSSR count). The lowest BCUT2D eigenvalue weighted by molar-refractivity contribution is 0.0587. The van der Waals surface area contributed by atoms with E-state index in [1.54, 1.807) is 17.0 Å². The van der Waals surface area contributed by atoms with Crippen LogP contribution in [0, 0.1) is 0 Å². The van der Waals surface area contributed by atoms with E-state index in [-0.39, 0.29) is 28.4 Å². The van der Waals surface area contributed by atoms with Gasteiger partial charge in [0.15, 0.2) is 9.84 Å². The fourth-order valence-electron chi connectivity index (χ4n) is 4.26. The van der Waals surface area contributed by atoms with E-state index in [1.807, 2.05) is 0 Å². The smallest absolute Gasteiger partial charge is 0.253 e. The molecule has 11 heteroatoms. The Labute approximate surface area is 177 Å². The highest BCUT2D eigenvalue weighted by molar-refractivity contribution is 7.91. The van der Waals surface area contributed by atoms with E-state index >= 15 is 0 Å². The number of nitrogens with zero attached hydrogens (tertiary/aromatic N) is 3. The molecule has 30 heavy (non-hydrogen) atoms. The predicted molar refractivity (Wildman–Crippen MR) is 111 cm³/mol. The van der Waals surface area contributed by atoms with Crippen LogP contribution in [0.5, 0.6) is 0 Å². The van der Waals surface area contributed by atoms with Crippen molar-refractivity contribution < 1.29 is 26.4 Å². The van der Waals surface area contributed by atoms with Crippen LogP contribution in [0.15, 0.2) is 29.2 Å². The monoisotopic (exact) mass is 457 g/mol. The minimum atomic E-state index is -3.66. The molecule has 0 N–H and O–H groups in total. The van der Waals surface area contributed by atoms with Crippen molar-refractivity contribution in [2.24, 2.45) is 0 Å². The number of sulfone groups is 1. The SMILES string of the molecule is O=C(c1cccc(S(=O)(=O)N2CCOCC2)c1)N1CCN(C2CCS(=O)(=O)C2)CC1. The second kappa shape index (κ2) is 8.54. The Hall–Kier alpha value is -1.53. The lowest BCUT2D eigenvalue weighted by atomic mass is 10.1. The molecule has 9 nitrogen and oxygen atoms in total. The zero-order chi connectivity index (χ0) is 21.4. The summed E-state index contributed by atoms with van der Waals surface area (Å²) < 4.78 is 55.8. The average Bonchev–Trinajstić information content (AvgIpc) is 3.14. The van der Waals surface area contributed by atoms with Crippen LogP contribution in [0.1, 0.15) is 16.8 Å². The van der Waals surface area contributed by atoms with Gasteiger partial charge in [-0.05, 0) is 24.6 Å². The molecule has 1 aromatic carbocycles. The summed E-state index contributed by atoms with van der Waals surface area (Å²) in [6, 6.07) is 6.23. The molecule has 0 radical (unpaired) electrons. The van der Waals surface area contributed by atoms with E-state index in [4.69, 9.17) is 4.74 Å². The molecule has 3 fully saturated rings. The van der Waals surface area contributed by atoms with Gasteiger partial charge in [-0.3, -0.25) is 9.69 Å².